The second-order valence-electron chi connectivity index (χ2n) is 7.12. The summed E-state index contributed by atoms with van der Waals surface area (Å²) in [4.78, 5) is 42.6. The first-order valence-electron chi connectivity index (χ1n) is 9.28. The minimum absolute atomic E-state index is 0.00966. The van der Waals surface area contributed by atoms with Gasteiger partial charge in [0.15, 0.2) is 0 Å². The highest BCUT2D eigenvalue weighted by molar-refractivity contribution is 5.87. The average Bonchev–Trinajstić information content (AvgIpc) is 3.18. The van der Waals surface area contributed by atoms with Crippen LogP contribution in [0.1, 0.15) is 31.8 Å². The lowest BCUT2D eigenvalue weighted by molar-refractivity contribution is -0.138. The number of hydrogen-bond acceptors (Lipinski definition) is 5. The Hall–Kier alpha value is -2.62. The zero-order chi connectivity index (χ0) is 19.7. The Kier molecular flexibility index (Phi) is 5.36. The zero-order valence-corrected chi connectivity index (χ0v) is 16.0. The summed E-state index contributed by atoms with van der Waals surface area (Å²) in [6.45, 7) is 8.27. The standard InChI is InChI=1S/C17H27N7O3/c1-4-11(2)14(20-16(18)26)15(25)21-5-7-22(8-6-21)23-10-13-9-19-12(3)24(13)17(23)27/h9,11,14H,4-8,10H2,1-3H3,(H3,18,20,26)/t11-,14+/m0/s1. The molecule has 0 spiro atoms. The van der Waals surface area contributed by atoms with Crippen LogP contribution in [0.15, 0.2) is 6.20 Å². The van der Waals surface area contributed by atoms with Crippen molar-refractivity contribution in [2.24, 2.45) is 11.7 Å². The molecule has 2 aliphatic rings. The number of aromatic nitrogens is 2. The fraction of sp³-hybridized carbons (Fsp3) is 0.647. The van der Waals surface area contributed by atoms with Gasteiger partial charge >= 0.3 is 12.1 Å². The molecule has 10 nitrogen and oxygen atoms in total. The number of amides is 4. The number of piperazine rings is 1. The molecule has 3 rings (SSSR count). The molecule has 148 valence electrons. The van der Waals surface area contributed by atoms with Crippen molar-refractivity contribution in [1.82, 2.24) is 29.8 Å². The van der Waals surface area contributed by atoms with Gasteiger partial charge in [0.1, 0.15) is 11.9 Å². The smallest absolute Gasteiger partial charge is 0.344 e. The molecule has 0 aromatic carbocycles. The SMILES string of the molecule is CC[C@H](C)[C@@H](NC(N)=O)C(=O)N1CCN(N2Cc3cnc(C)n3C2=O)CC1. The summed E-state index contributed by atoms with van der Waals surface area (Å²) in [5.41, 5.74) is 6.11. The molecule has 3 N–H and O–H groups in total. The van der Waals surface area contributed by atoms with Gasteiger partial charge in [-0.1, -0.05) is 20.3 Å². The molecular formula is C17H27N7O3. The van der Waals surface area contributed by atoms with Gasteiger partial charge in [-0.25, -0.2) is 24.1 Å². The minimum atomic E-state index is -0.694. The van der Waals surface area contributed by atoms with Crippen LogP contribution in [0.3, 0.4) is 0 Å². The average molecular weight is 377 g/mol. The van der Waals surface area contributed by atoms with E-state index in [0.29, 0.717) is 38.5 Å². The van der Waals surface area contributed by atoms with E-state index < -0.39 is 12.1 Å². The molecule has 1 saturated heterocycles. The quantitative estimate of drug-likeness (QED) is 0.756. The predicted molar refractivity (Wildman–Crippen MR) is 97.4 cm³/mol. The molecule has 1 fully saturated rings. The summed E-state index contributed by atoms with van der Waals surface area (Å²) in [5.74, 6) is 0.548. The molecule has 2 atom stereocenters. The van der Waals surface area contributed by atoms with E-state index in [1.165, 1.54) is 0 Å². The number of nitrogens with zero attached hydrogens (tertiary/aromatic N) is 5. The van der Waals surface area contributed by atoms with Crippen molar-refractivity contribution >= 4 is 18.0 Å². The van der Waals surface area contributed by atoms with E-state index in [1.807, 2.05) is 25.8 Å². The molecular weight excluding hydrogens is 350 g/mol. The molecule has 0 saturated carbocycles. The molecule has 10 heteroatoms. The maximum atomic E-state index is 12.9. The van der Waals surface area contributed by atoms with Crippen LogP contribution in [0.5, 0.6) is 0 Å². The summed E-state index contributed by atoms with van der Waals surface area (Å²) in [6.07, 6.45) is 2.48. The van der Waals surface area contributed by atoms with Crippen LogP contribution in [0.25, 0.3) is 0 Å². The van der Waals surface area contributed by atoms with E-state index in [9.17, 15) is 14.4 Å². The molecule has 0 radical (unpaired) electrons. The molecule has 0 unspecified atom stereocenters. The molecule has 4 amide bonds. The van der Waals surface area contributed by atoms with Gasteiger partial charge in [0, 0.05) is 26.2 Å². The van der Waals surface area contributed by atoms with Crippen LogP contribution in [0.4, 0.5) is 9.59 Å². The van der Waals surface area contributed by atoms with Crippen LogP contribution >= 0.6 is 0 Å². The highest BCUT2D eigenvalue weighted by Gasteiger charge is 2.37. The zero-order valence-electron chi connectivity index (χ0n) is 16.0. The molecule has 1 aromatic heterocycles. The Morgan fingerprint density at radius 1 is 1.30 bits per heavy atom. The summed E-state index contributed by atoms with van der Waals surface area (Å²) in [5, 5.41) is 6.25. The van der Waals surface area contributed by atoms with Crippen molar-refractivity contribution in [1.29, 1.82) is 0 Å². The van der Waals surface area contributed by atoms with Crippen molar-refractivity contribution in [3.8, 4) is 0 Å². The highest BCUT2D eigenvalue weighted by Crippen LogP contribution is 2.21. The number of carbonyl (C=O) groups is 3. The number of urea groups is 1. The predicted octanol–water partition coefficient (Wildman–Crippen LogP) is 0.117. The third-order valence-corrected chi connectivity index (χ3v) is 5.42. The maximum Gasteiger partial charge on any atom is 0.344 e. The molecule has 27 heavy (non-hydrogen) atoms. The van der Waals surface area contributed by atoms with E-state index in [-0.39, 0.29) is 17.9 Å². The highest BCUT2D eigenvalue weighted by atomic mass is 16.2. The van der Waals surface area contributed by atoms with Gasteiger partial charge in [-0.2, -0.15) is 0 Å². The van der Waals surface area contributed by atoms with Gasteiger partial charge in [0.05, 0.1) is 18.4 Å². The fourth-order valence-corrected chi connectivity index (χ4v) is 3.61. The summed E-state index contributed by atoms with van der Waals surface area (Å²) in [6, 6.07) is -1.42. The Morgan fingerprint density at radius 2 is 1.96 bits per heavy atom. The third-order valence-electron chi connectivity index (χ3n) is 5.42. The number of carbonyl (C=O) groups excluding carboxylic acids is 3. The topological polar surface area (TPSA) is 117 Å². The minimum Gasteiger partial charge on any atom is -0.352 e. The van der Waals surface area contributed by atoms with Gasteiger partial charge < -0.3 is 16.0 Å². The van der Waals surface area contributed by atoms with Crippen LogP contribution in [0, 0.1) is 12.8 Å². The van der Waals surface area contributed by atoms with Crippen molar-refractivity contribution < 1.29 is 14.4 Å². The molecule has 1 aromatic rings. The van der Waals surface area contributed by atoms with Crippen LogP contribution in [-0.4, -0.2) is 74.7 Å². The first-order valence-corrected chi connectivity index (χ1v) is 9.28. The number of nitrogens with one attached hydrogen (secondary N) is 1. The van der Waals surface area contributed by atoms with Crippen LogP contribution < -0.4 is 11.1 Å². The molecule has 3 heterocycles. The van der Waals surface area contributed by atoms with Crippen LogP contribution in [0.2, 0.25) is 0 Å². The summed E-state index contributed by atoms with van der Waals surface area (Å²) < 4.78 is 1.62. The summed E-state index contributed by atoms with van der Waals surface area (Å²) >= 11 is 0. The van der Waals surface area contributed by atoms with Gasteiger partial charge in [0.25, 0.3) is 0 Å². The van der Waals surface area contributed by atoms with Gasteiger partial charge in [-0.05, 0) is 12.8 Å². The van der Waals surface area contributed by atoms with Crippen molar-refractivity contribution in [2.45, 2.75) is 39.8 Å². The third kappa shape index (κ3) is 3.61. The lowest BCUT2D eigenvalue weighted by Gasteiger charge is -2.40. The van der Waals surface area contributed by atoms with Gasteiger partial charge in [0.2, 0.25) is 5.91 Å². The second kappa shape index (κ2) is 7.55. The van der Waals surface area contributed by atoms with E-state index in [2.05, 4.69) is 10.3 Å². The lowest BCUT2D eigenvalue weighted by atomic mass is 9.97. The number of fused-ring (bicyclic) bond motifs is 1. The Bertz CT molecular complexity index is 739. The first-order chi connectivity index (χ1) is 12.8. The van der Waals surface area contributed by atoms with Crippen LogP contribution in [-0.2, 0) is 11.3 Å². The number of rotatable bonds is 5. The monoisotopic (exact) mass is 377 g/mol. The lowest BCUT2D eigenvalue weighted by Crippen LogP contribution is -2.59. The van der Waals surface area contributed by atoms with Crippen molar-refractivity contribution in [2.75, 3.05) is 26.2 Å². The Labute approximate surface area is 158 Å². The first kappa shape index (κ1) is 19.2. The Morgan fingerprint density at radius 3 is 2.52 bits per heavy atom. The van der Waals surface area contributed by atoms with E-state index in [4.69, 9.17) is 5.73 Å². The second-order valence-corrected chi connectivity index (χ2v) is 7.12. The number of primary amides is 1. The van der Waals surface area contributed by atoms with Gasteiger partial charge in [-0.15, -0.1) is 0 Å². The normalized spacial score (nSPS) is 19.7. The maximum absolute atomic E-state index is 12.9. The molecule has 0 aliphatic carbocycles. The van der Waals surface area contributed by atoms with Gasteiger partial charge in [-0.3, -0.25) is 9.80 Å². The number of hydrogen-bond donors (Lipinski definition) is 2. The van der Waals surface area contributed by atoms with Crippen molar-refractivity contribution in [3.63, 3.8) is 0 Å². The molecule has 0 bridgehead atoms. The number of aryl methyl sites for hydroxylation is 1. The molecule has 2 aliphatic heterocycles. The van der Waals surface area contributed by atoms with E-state index >= 15 is 0 Å². The number of imidazole rings is 1. The largest absolute Gasteiger partial charge is 0.352 e. The number of nitrogens with two attached hydrogens (primary N) is 1. The number of hydrazine groups is 1. The fourth-order valence-electron chi connectivity index (χ4n) is 3.61. The Balaban J connectivity index is 1.61. The van der Waals surface area contributed by atoms with E-state index in [1.54, 1.807) is 20.7 Å². The van der Waals surface area contributed by atoms with Crippen molar-refractivity contribution in [3.05, 3.63) is 17.7 Å². The summed E-state index contributed by atoms with van der Waals surface area (Å²) in [7, 11) is 0. The van der Waals surface area contributed by atoms with E-state index in [0.717, 1.165) is 12.1 Å².